The van der Waals surface area contributed by atoms with Crippen LogP contribution in [-0.2, 0) is 11.2 Å². The minimum absolute atomic E-state index is 0.526. The van der Waals surface area contributed by atoms with Crippen LogP contribution in [0, 0.1) is 5.41 Å². The maximum absolute atomic E-state index is 11.3. The Bertz CT molecular complexity index is 479. The van der Waals surface area contributed by atoms with Crippen LogP contribution in [0.3, 0.4) is 0 Å². The van der Waals surface area contributed by atoms with E-state index in [0.717, 1.165) is 12.1 Å². The first kappa shape index (κ1) is 12.9. The van der Waals surface area contributed by atoms with Crippen molar-refractivity contribution < 1.29 is 9.90 Å². The molecular weight excluding hydrogens is 226 g/mol. The van der Waals surface area contributed by atoms with Crippen LogP contribution < -0.4 is 4.90 Å². The Morgan fingerprint density at radius 3 is 2.78 bits per heavy atom. The van der Waals surface area contributed by atoms with Gasteiger partial charge in [0.2, 0.25) is 0 Å². The van der Waals surface area contributed by atoms with Gasteiger partial charge in [0.1, 0.15) is 0 Å². The van der Waals surface area contributed by atoms with Crippen LogP contribution in [0.2, 0.25) is 0 Å². The summed E-state index contributed by atoms with van der Waals surface area (Å²) in [4.78, 5) is 13.5. The first-order valence-corrected chi connectivity index (χ1v) is 6.39. The van der Waals surface area contributed by atoms with Crippen LogP contribution in [0.4, 0.5) is 5.69 Å². The molecule has 0 fully saturated rings. The molecule has 1 N–H and O–H groups in total. The van der Waals surface area contributed by atoms with Crippen molar-refractivity contribution in [3.8, 4) is 0 Å². The van der Waals surface area contributed by atoms with Crippen LogP contribution in [0.15, 0.2) is 18.2 Å². The highest BCUT2D eigenvalue weighted by molar-refractivity contribution is 5.75. The molecule has 2 rings (SSSR count). The van der Waals surface area contributed by atoms with Crippen LogP contribution in [0.5, 0.6) is 0 Å². The Kier molecular flexibility index (Phi) is 3.09. The predicted molar refractivity (Wildman–Crippen MR) is 73.2 cm³/mol. The highest BCUT2D eigenvalue weighted by atomic mass is 16.4. The molecule has 1 heterocycles. The number of likely N-dealkylation sites (N-methyl/N-ethyl adjacent to an activating group) is 1. The fourth-order valence-electron chi connectivity index (χ4n) is 2.77. The molecule has 18 heavy (non-hydrogen) atoms. The van der Waals surface area contributed by atoms with E-state index in [1.807, 2.05) is 6.07 Å². The van der Waals surface area contributed by atoms with Crippen LogP contribution in [0.1, 0.15) is 37.8 Å². The van der Waals surface area contributed by atoms with E-state index < -0.39 is 11.4 Å². The van der Waals surface area contributed by atoms with Crippen LogP contribution >= 0.6 is 0 Å². The Morgan fingerprint density at radius 2 is 2.17 bits per heavy atom. The average molecular weight is 247 g/mol. The van der Waals surface area contributed by atoms with Gasteiger partial charge < -0.3 is 10.0 Å². The third-order valence-electron chi connectivity index (χ3n) is 3.82. The van der Waals surface area contributed by atoms with Gasteiger partial charge in [-0.25, -0.2) is 0 Å². The van der Waals surface area contributed by atoms with Gasteiger partial charge in [-0.15, -0.1) is 0 Å². The van der Waals surface area contributed by atoms with E-state index in [1.165, 1.54) is 11.3 Å². The summed E-state index contributed by atoms with van der Waals surface area (Å²) < 4.78 is 0. The minimum Gasteiger partial charge on any atom is -0.481 e. The number of carboxylic acid groups (broad SMARTS) is 1. The number of hydrogen-bond acceptors (Lipinski definition) is 2. The SMILES string of the molecule is CC1CN(C)c2c(CC(C)(C)C(=O)O)cccc21. The molecule has 0 aliphatic carbocycles. The molecule has 0 aromatic heterocycles. The summed E-state index contributed by atoms with van der Waals surface area (Å²) in [5, 5.41) is 9.26. The summed E-state index contributed by atoms with van der Waals surface area (Å²) in [7, 11) is 2.08. The van der Waals surface area contributed by atoms with E-state index in [2.05, 4.69) is 31.0 Å². The van der Waals surface area contributed by atoms with Gasteiger partial charge in [-0.1, -0.05) is 25.1 Å². The van der Waals surface area contributed by atoms with E-state index in [-0.39, 0.29) is 0 Å². The highest BCUT2D eigenvalue weighted by Gasteiger charge is 2.31. The second kappa shape index (κ2) is 4.30. The van der Waals surface area contributed by atoms with Gasteiger partial charge in [-0.2, -0.15) is 0 Å². The zero-order valence-electron chi connectivity index (χ0n) is 11.5. The lowest BCUT2D eigenvalue weighted by Crippen LogP contribution is -2.27. The number of benzene rings is 1. The molecule has 1 unspecified atom stereocenters. The summed E-state index contributed by atoms with van der Waals surface area (Å²) in [5.74, 6) is -0.216. The molecule has 98 valence electrons. The van der Waals surface area contributed by atoms with Crippen LogP contribution in [-0.4, -0.2) is 24.7 Å². The van der Waals surface area contributed by atoms with Crippen LogP contribution in [0.25, 0.3) is 0 Å². The summed E-state index contributed by atoms with van der Waals surface area (Å²) in [6, 6.07) is 6.25. The maximum atomic E-state index is 11.3. The molecule has 1 aromatic carbocycles. The standard InChI is InChI=1S/C15H21NO2/c1-10-9-16(4)13-11(6-5-7-12(10)13)8-15(2,3)14(17)18/h5-7,10H,8-9H2,1-4H3,(H,17,18). The van der Waals surface area contributed by atoms with Gasteiger partial charge in [0.15, 0.2) is 0 Å². The van der Waals surface area contributed by atoms with E-state index in [0.29, 0.717) is 12.3 Å². The number of rotatable bonds is 3. The number of nitrogens with zero attached hydrogens (tertiary/aromatic N) is 1. The molecule has 3 heteroatoms. The van der Waals surface area contributed by atoms with Gasteiger partial charge in [-0.3, -0.25) is 4.79 Å². The quantitative estimate of drug-likeness (QED) is 0.892. The van der Waals surface area contributed by atoms with Crippen molar-refractivity contribution in [1.29, 1.82) is 0 Å². The second-order valence-corrected chi connectivity index (χ2v) is 6.00. The van der Waals surface area contributed by atoms with E-state index in [9.17, 15) is 9.90 Å². The molecule has 1 atom stereocenters. The van der Waals surface area contributed by atoms with Crippen molar-refractivity contribution in [3.05, 3.63) is 29.3 Å². The Hall–Kier alpha value is -1.51. The number of fused-ring (bicyclic) bond motifs is 1. The zero-order valence-corrected chi connectivity index (χ0v) is 11.5. The molecule has 1 aliphatic heterocycles. The lowest BCUT2D eigenvalue weighted by atomic mass is 9.84. The highest BCUT2D eigenvalue weighted by Crippen LogP contribution is 2.39. The van der Waals surface area contributed by atoms with Crippen molar-refractivity contribution in [2.75, 3.05) is 18.5 Å². The molecule has 3 nitrogen and oxygen atoms in total. The van der Waals surface area contributed by atoms with Crippen molar-refractivity contribution >= 4 is 11.7 Å². The summed E-state index contributed by atoms with van der Waals surface area (Å²) in [6.45, 7) is 6.80. The summed E-state index contributed by atoms with van der Waals surface area (Å²) >= 11 is 0. The summed E-state index contributed by atoms with van der Waals surface area (Å²) in [5.41, 5.74) is 3.00. The molecule has 1 aliphatic rings. The van der Waals surface area contributed by atoms with Crippen molar-refractivity contribution in [1.82, 2.24) is 0 Å². The average Bonchev–Trinajstić information content (AvgIpc) is 2.55. The molecule has 0 saturated carbocycles. The lowest BCUT2D eigenvalue weighted by Gasteiger charge is -2.23. The van der Waals surface area contributed by atoms with Gasteiger partial charge in [0, 0.05) is 25.2 Å². The maximum Gasteiger partial charge on any atom is 0.309 e. The Labute approximate surface area is 108 Å². The van der Waals surface area contributed by atoms with E-state index >= 15 is 0 Å². The first-order chi connectivity index (χ1) is 8.33. The lowest BCUT2D eigenvalue weighted by molar-refractivity contribution is -0.146. The van der Waals surface area contributed by atoms with Gasteiger partial charge in [-0.05, 0) is 31.4 Å². The smallest absolute Gasteiger partial charge is 0.309 e. The second-order valence-electron chi connectivity index (χ2n) is 6.00. The van der Waals surface area contributed by atoms with Crippen molar-refractivity contribution in [2.45, 2.75) is 33.1 Å². The number of aliphatic carboxylic acids is 1. The monoisotopic (exact) mass is 247 g/mol. The normalized spacial score (nSPS) is 18.9. The molecular formula is C15H21NO2. The third-order valence-corrected chi connectivity index (χ3v) is 3.82. The number of anilines is 1. The van der Waals surface area contributed by atoms with Gasteiger partial charge in [0.05, 0.1) is 5.41 Å². The number of para-hydroxylation sites is 1. The fourth-order valence-corrected chi connectivity index (χ4v) is 2.77. The number of carbonyl (C=O) groups is 1. The molecule has 0 bridgehead atoms. The number of hydrogen-bond donors (Lipinski definition) is 1. The molecule has 1 aromatic rings. The molecule has 0 radical (unpaired) electrons. The Morgan fingerprint density at radius 1 is 1.50 bits per heavy atom. The molecule has 0 amide bonds. The van der Waals surface area contributed by atoms with E-state index in [1.54, 1.807) is 13.8 Å². The number of carboxylic acids is 1. The first-order valence-electron chi connectivity index (χ1n) is 6.39. The Balaban J connectivity index is 2.40. The van der Waals surface area contributed by atoms with Gasteiger partial charge >= 0.3 is 5.97 Å². The largest absolute Gasteiger partial charge is 0.481 e. The fraction of sp³-hybridized carbons (Fsp3) is 0.533. The topological polar surface area (TPSA) is 40.5 Å². The van der Waals surface area contributed by atoms with E-state index in [4.69, 9.17) is 0 Å². The third kappa shape index (κ3) is 2.09. The molecule has 0 spiro atoms. The van der Waals surface area contributed by atoms with Gasteiger partial charge in [0.25, 0.3) is 0 Å². The predicted octanol–water partition coefficient (Wildman–Crippen LogP) is 2.89. The minimum atomic E-state index is -0.742. The zero-order chi connectivity index (χ0) is 13.5. The molecule has 0 saturated heterocycles. The van der Waals surface area contributed by atoms with Crippen molar-refractivity contribution in [3.63, 3.8) is 0 Å². The van der Waals surface area contributed by atoms with Crippen molar-refractivity contribution in [2.24, 2.45) is 5.41 Å². The summed E-state index contributed by atoms with van der Waals surface area (Å²) in [6.07, 6.45) is 0.572.